The third kappa shape index (κ3) is 5.07. The number of aryl methyl sites for hydroxylation is 2. The van der Waals surface area contributed by atoms with Gasteiger partial charge in [0.1, 0.15) is 22.4 Å². The van der Waals surface area contributed by atoms with Crippen LogP contribution in [0.5, 0.6) is 0 Å². The third-order valence-electron chi connectivity index (χ3n) is 5.93. The lowest BCUT2D eigenvalue weighted by molar-refractivity contribution is 0.0988. The van der Waals surface area contributed by atoms with Gasteiger partial charge in [-0.2, -0.15) is 0 Å². The van der Waals surface area contributed by atoms with Crippen LogP contribution in [0.1, 0.15) is 42.5 Å². The Morgan fingerprint density at radius 3 is 2.03 bits per heavy atom. The highest BCUT2D eigenvalue weighted by Gasteiger charge is 2.16. The van der Waals surface area contributed by atoms with Crippen LogP contribution in [-0.4, -0.2) is 37.2 Å². The number of amides is 3. The largest absolute Gasteiger partial charge is 0.364 e. The van der Waals surface area contributed by atoms with Gasteiger partial charge in [-0.3, -0.25) is 14.4 Å². The summed E-state index contributed by atoms with van der Waals surface area (Å²) in [6.07, 6.45) is 7.10. The average Bonchev–Trinajstić information content (AvgIpc) is 3.60. The van der Waals surface area contributed by atoms with Gasteiger partial charge in [0.2, 0.25) is 0 Å². The van der Waals surface area contributed by atoms with Gasteiger partial charge in [0.05, 0.1) is 11.4 Å². The first-order chi connectivity index (χ1) is 18.3. The number of hydrogen-bond acceptors (Lipinski definition) is 6. The molecule has 3 heterocycles. The van der Waals surface area contributed by atoms with Crippen LogP contribution >= 0.6 is 0 Å². The maximum absolute atomic E-state index is 12.8. The van der Waals surface area contributed by atoms with Crippen molar-refractivity contribution in [2.75, 3.05) is 10.6 Å². The molecule has 0 bridgehead atoms. The molecule has 0 saturated carbocycles. The van der Waals surface area contributed by atoms with E-state index >= 15 is 0 Å². The molecule has 4 N–H and O–H groups in total. The molecule has 3 aromatic heterocycles. The van der Waals surface area contributed by atoms with Crippen molar-refractivity contribution < 1.29 is 19.0 Å². The summed E-state index contributed by atoms with van der Waals surface area (Å²) in [7, 11) is 3.36. The van der Waals surface area contributed by atoms with E-state index in [2.05, 4.69) is 20.9 Å². The molecule has 0 fully saturated rings. The third-order valence-corrected chi connectivity index (χ3v) is 5.93. The van der Waals surface area contributed by atoms with E-state index in [1.165, 1.54) is 10.6 Å². The maximum atomic E-state index is 12.8. The molecule has 0 atom stereocenters. The lowest BCUT2D eigenvalue weighted by Gasteiger charge is -2.03. The Bertz CT molecular complexity index is 1710. The van der Waals surface area contributed by atoms with Gasteiger partial charge >= 0.3 is 0 Å². The number of carbonyl (C=O) groups is 3. The summed E-state index contributed by atoms with van der Waals surface area (Å²) in [6.45, 7) is 0. The van der Waals surface area contributed by atoms with Gasteiger partial charge in [-0.1, -0.05) is 30.4 Å². The number of nitrogens with zero attached hydrogens (tertiary/aromatic N) is 4. The van der Waals surface area contributed by atoms with Gasteiger partial charge in [-0.05, 0) is 57.8 Å². The molecule has 2 aromatic carbocycles. The highest BCUT2D eigenvalue weighted by Crippen LogP contribution is 2.19. The van der Waals surface area contributed by atoms with Crippen molar-refractivity contribution in [3.63, 3.8) is 0 Å². The number of anilines is 2. The molecular formula is C27H23N7O4. The minimum absolute atomic E-state index is 0.271. The molecule has 0 saturated heterocycles. The fourth-order valence-corrected chi connectivity index (χ4v) is 3.98. The Balaban J connectivity index is 1.22. The molecule has 3 amide bonds. The van der Waals surface area contributed by atoms with Gasteiger partial charge in [-0.15, -0.1) is 0 Å². The predicted octanol–water partition coefficient (Wildman–Crippen LogP) is 3.67. The lowest BCUT2D eigenvalue weighted by atomic mass is 10.1. The standard InChI is InChI=1S/C27H23N7O4/c1-33-14-19(12-23(33)25(28)35)30-27(37)24-13-20(15-34(24)2)29-26(36)18-8-5-16(6-9-18)3-4-17-7-10-21-22(11-17)32-38-31-21/h3-15H,1-2H3,(H2,28,35)(H,29,36)(H,30,37)/b4-3+. The zero-order valence-corrected chi connectivity index (χ0v) is 20.5. The molecule has 38 heavy (non-hydrogen) atoms. The predicted molar refractivity (Wildman–Crippen MR) is 142 cm³/mol. The number of aromatic nitrogens is 4. The molecule has 11 heteroatoms. The molecule has 0 spiro atoms. The van der Waals surface area contributed by atoms with E-state index in [9.17, 15) is 14.4 Å². The minimum Gasteiger partial charge on any atom is -0.364 e. The Morgan fingerprint density at radius 2 is 1.34 bits per heavy atom. The van der Waals surface area contributed by atoms with Crippen molar-refractivity contribution in [3.05, 3.63) is 95.1 Å². The molecule has 0 aliphatic carbocycles. The van der Waals surface area contributed by atoms with Crippen molar-refractivity contribution in [1.29, 1.82) is 0 Å². The second-order valence-corrected chi connectivity index (χ2v) is 8.69. The van der Waals surface area contributed by atoms with Gasteiger partial charge in [0.15, 0.2) is 0 Å². The van der Waals surface area contributed by atoms with Crippen LogP contribution in [0, 0.1) is 0 Å². The number of nitrogens with one attached hydrogen (secondary N) is 2. The minimum atomic E-state index is -0.594. The number of fused-ring (bicyclic) bond motifs is 1. The van der Waals surface area contributed by atoms with Crippen LogP contribution in [0.15, 0.2) is 71.6 Å². The van der Waals surface area contributed by atoms with Crippen LogP contribution in [-0.2, 0) is 14.1 Å². The van der Waals surface area contributed by atoms with Crippen LogP contribution in [0.4, 0.5) is 11.4 Å². The topological polar surface area (TPSA) is 150 Å². The van der Waals surface area contributed by atoms with Gasteiger partial charge in [0.25, 0.3) is 17.7 Å². The summed E-state index contributed by atoms with van der Waals surface area (Å²) in [5.41, 5.74) is 10.5. The number of primary amides is 1. The molecule has 11 nitrogen and oxygen atoms in total. The molecule has 5 rings (SSSR count). The van der Waals surface area contributed by atoms with E-state index < -0.39 is 11.8 Å². The van der Waals surface area contributed by atoms with E-state index in [4.69, 9.17) is 10.4 Å². The summed E-state index contributed by atoms with van der Waals surface area (Å²) >= 11 is 0. The first-order valence-corrected chi connectivity index (χ1v) is 11.5. The maximum Gasteiger partial charge on any atom is 0.272 e. The first-order valence-electron chi connectivity index (χ1n) is 11.5. The molecule has 0 aliphatic heterocycles. The Morgan fingerprint density at radius 1 is 0.763 bits per heavy atom. The van der Waals surface area contributed by atoms with Gasteiger partial charge < -0.3 is 25.5 Å². The zero-order valence-electron chi connectivity index (χ0n) is 20.5. The number of hydrogen-bond donors (Lipinski definition) is 3. The van der Waals surface area contributed by atoms with Crippen LogP contribution in [0.25, 0.3) is 23.2 Å². The molecule has 5 aromatic rings. The SMILES string of the molecule is Cn1cc(NC(=O)c2cc(NC(=O)c3ccc(/C=C/c4ccc5nonc5c4)cc3)cn2C)cc1C(N)=O. The highest BCUT2D eigenvalue weighted by molar-refractivity contribution is 6.07. The monoisotopic (exact) mass is 509 g/mol. The van der Waals surface area contributed by atoms with E-state index in [0.29, 0.717) is 33.7 Å². The second kappa shape index (κ2) is 9.90. The van der Waals surface area contributed by atoms with Crippen molar-refractivity contribution >= 4 is 52.3 Å². The Hall–Kier alpha value is -5.45. The van der Waals surface area contributed by atoms with Gasteiger partial charge in [0, 0.05) is 32.1 Å². The summed E-state index contributed by atoms with van der Waals surface area (Å²) < 4.78 is 7.85. The fraction of sp³-hybridized carbons (Fsp3) is 0.0741. The average molecular weight is 510 g/mol. The Kier molecular flexibility index (Phi) is 6.32. The summed E-state index contributed by atoms with van der Waals surface area (Å²) in [4.78, 5) is 37.0. The quantitative estimate of drug-likeness (QED) is 0.285. The van der Waals surface area contributed by atoms with Gasteiger partial charge in [-0.25, -0.2) is 4.63 Å². The fourth-order valence-electron chi connectivity index (χ4n) is 3.98. The first kappa shape index (κ1) is 24.3. The van der Waals surface area contributed by atoms with Crippen LogP contribution < -0.4 is 16.4 Å². The summed E-state index contributed by atoms with van der Waals surface area (Å²) in [5.74, 6) is -1.30. The van der Waals surface area contributed by atoms with Crippen molar-refractivity contribution in [3.8, 4) is 0 Å². The molecule has 0 unspecified atom stereocenters. The lowest BCUT2D eigenvalue weighted by Crippen LogP contribution is -2.15. The summed E-state index contributed by atoms with van der Waals surface area (Å²) in [6, 6.07) is 15.8. The number of carbonyl (C=O) groups excluding carboxylic acids is 3. The van der Waals surface area contributed by atoms with E-state index in [-0.39, 0.29) is 11.6 Å². The number of nitrogens with two attached hydrogens (primary N) is 1. The second-order valence-electron chi connectivity index (χ2n) is 8.69. The molecule has 0 aliphatic rings. The molecule has 190 valence electrons. The van der Waals surface area contributed by atoms with Crippen LogP contribution in [0.3, 0.4) is 0 Å². The smallest absolute Gasteiger partial charge is 0.272 e. The normalized spacial score (nSPS) is 11.2. The van der Waals surface area contributed by atoms with E-state index in [0.717, 1.165) is 11.1 Å². The Labute approximate surface area is 216 Å². The molecular weight excluding hydrogens is 486 g/mol. The van der Waals surface area contributed by atoms with Crippen molar-refractivity contribution in [2.24, 2.45) is 19.8 Å². The van der Waals surface area contributed by atoms with Crippen molar-refractivity contribution in [2.45, 2.75) is 0 Å². The van der Waals surface area contributed by atoms with E-state index in [1.807, 2.05) is 42.5 Å². The van der Waals surface area contributed by atoms with E-state index in [1.54, 1.807) is 49.3 Å². The summed E-state index contributed by atoms with van der Waals surface area (Å²) in [5, 5.41) is 13.2. The number of rotatable bonds is 7. The molecule has 0 radical (unpaired) electrons. The highest BCUT2D eigenvalue weighted by atomic mass is 16.6. The number of benzene rings is 2. The van der Waals surface area contributed by atoms with Crippen molar-refractivity contribution in [1.82, 2.24) is 19.4 Å². The van der Waals surface area contributed by atoms with Crippen LogP contribution in [0.2, 0.25) is 0 Å². The zero-order chi connectivity index (χ0) is 26.8.